The van der Waals surface area contributed by atoms with Crippen molar-refractivity contribution in [1.29, 1.82) is 0 Å². The number of rotatable bonds is 2. The highest BCUT2D eigenvalue weighted by Crippen LogP contribution is 2.53. The molecule has 0 bridgehead atoms. The Hall–Kier alpha value is -1.82. The summed E-state index contributed by atoms with van der Waals surface area (Å²) in [6.07, 6.45) is 0.677. The van der Waals surface area contributed by atoms with Gasteiger partial charge in [-0.2, -0.15) is 0 Å². The highest BCUT2D eigenvalue weighted by atomic mass is 31.2. The number of aliphatic hydroxyl groups excluding tert-OH is 1. The first-order chi connectivity index (χ1) is 13.4. The van der Waals surface area contributed by atoms with Gasteiger partial charge in [0.1, 0.15) is 24.6 Å². The van der Waals surface area contributed by atoms with Gasteiger partial charge in [0.15, 0.2) is 23.2 Å². The zero-order valence-electron chi connectivity index (χ0n) is 14.9. The molecule has 3 aliphatic heterocycles. The van der Waals surface area contributed by atoms with Crippen LogP contribution >= 0.6 is 7.82 Å². The first-order valence-corrected chi connectivity index (χ1v) is 10.7. The molecule has 0 amide bonds. The molecule has 3 aliphatic rings. The Kier molecular flexibility index (Phi) is 4.30. The molecule has 13 heteroatoms. The number of nitrogens with zero attached hydrogens (tertiary/aromatic N) is 5. The number of nitrogens with two attached hydrogens (primary N) is 1. The number of aromatic nitrogens is 4. The van der Waals surface area contributed by atoms with Crippen LogP contribution in [-0.2, 0) is 18.3 Å². The summed E-state index contributed by atoms with van der Waals surface area (Å²) in [5, 5.41) is 10.9. The molecule has 152 valence electrons. The van der Waals surface area contributed by atoms with E-state index in [1.54, 1.807) is 4.57 Å². The highest BCUT2D eigenvalue weighted by Gasteiger charge is 2.53. The lowest BCUT2D eigenvalue weighted by Gasteiger charge is -2.30. The van der Waals surface area contributed by atoms with Crippen LogP contribution in [0, 0.1) is 0 Å². The van der Waals surface area contributed by atoms with Crippen LogP contribution in [0.3, 0.4) is 0 Å². The highest BCUT2D eigenvalue weighted by molar-refractivity contribution is 7.47. The van der Waals surface area contributed by atoms with Crippen molar-refractivity contribution in [2.45, 2.75) is 43.8 Å². The first kappa shape index (κ1) is 18.2. The lowest BCUT2D eigenvalue weighted by Crippen LogP contribution is -2.39. The number of piperidine rings is 1. The van der Waals surface area contributed by atoms with Gasteiger partial charge in [0, 0.05) is 13.1 Å². The number of ether oxygens (including phenoxy) is 1. The topological polar surface area (TPSA) is 158 Å². The molecule has 4 N–H and O–H groups in total. The number of fused-ring (bicyclic) bond motifs is 2. The first-order valence-electron chi connectivity index (χ1n) is 9.17. The van der Waals surface area contributed by atoms with E-state index in [0.717, 1.165) is 32.4 Å². The maximum absolute atomic E-state index is 11.8. The van der Waals surface area contributed by atoms with Crippen LogP contribution in [-0.4, -0.2) is 67.5 Å². The Morgan fingerprint density at radius 3 is 2.82 bits per heavy atom. The van der Waals surface area contributed by atoms with Crippen LogP contribution in [0.25, 0.3) is 11.2 Å². The summed E-state index contributed by atoms with van der Waals surface area (Å²) in [5.74, 6) is 0.795. The molecule has 12 nitrogen and oxygen atoms in total. The fourth-order valence-corrected chi connectivity index (χ4v) is 4.98. The Balaban J connectivity index is 1.60. The van der Waals surface area contributed by atoms with Crippen LogP contribution in [0.2, 0.25) is 0 Å². The zero-order chi connectivity index (χ0) is 19.5. The number of phosphoric ester groups is 1. The summed E-state index contributed by atoms with van der Waals surface area (Å²) in [4.78, 5) is 24.6. The van der Waals surface area contributed by atoms with Crippen LogP contribution in [0.1, 0.15) is 25.5 Å². The van der Waals surface area contributed by atoms with E-state index >= 15 is 0 Å². The average molecular weight is 412 g/mol. The number of hydrogen-bond donors (Lipinski definition) is 3. The predicted molar refractivity (Wildman–Crippen MR) is 96.4 cm³/mol. The third-order valence-electron chi connectivity index (χ3n) is 5.35. The third-order valence-corrected chi connectivity index (χ3v) is 6.33. The van der Waals surface area contributed by atoms with Crippen LogP contribution < -0.4 is 10.6 Å². The molecular weight excluding hydrogens is 391 g/mol. The van der Waals surface area contributed by atoms with Crippen molar-refractivity contribution in [1.82, 2.24) is 19.5 Å². The maximum Gasteiger partial charge on any atom is 0.472 e. The Morgan fingerprint density at radius 1 is 1.25 bits per heavy atom. The third kappa shape index (κ3) is 2.88. The number of imidazole rings is 1. The van der Waals surface area contributed by atoms with E-state index in [4.69, 9.17) is 19.5 Å². The molecule has 2 aromatic heterocycles. The number of phosphoric acid groups is 1. The molecule has 2 aromatic rings. The number of nitrogen functional groups attached to an aromatic ring is 1. The maximum atomic E-state index is 11.8. The molecule has 5 heterocycles. The number of anilines is 2. The van der Waals surface area contributed by atoms with Gasteiger partial charge in [-0.15, -0.1) is 0 Å². The largest absolute Gasteiger partial charge is 0.472 e. The molecular formula is C15H21N6O6P. The van der Waals surface area contributed by atoms with E-state index in [2.05, 4.69) is 19.9 Å². The molecule has 0 radical (unpaired) electrons. The summed E-state index contributed by atoms with van der Waals surface area (Å²) in [7, 11) is -4.21. The molecule has 0 aromatic carbocycles. The Labute approximate surface area is 159 Å². The lowest BCUT2D eigenvalue weighted by molar-refractivity contribution is -0.0661. The number of aliphatic hydroxyl groups is 1. The van der Waals surface area contributed by atoms with Gasteiger partial charge in [-0.1, -0.05) is 0 Å². The van der Waals surface area contributed by atoms with Gasteiger partial charge < -0.3 is 25.4 Å². The van der Waals surface area contributed by atoms with Gasteiger partial charge in [-0.3, -0.25) is 13.6 Å². The molecule has 3 fully saturated rings. The van der Waals surface area contributed by atoms with Gasteiger partial charge in [0.25, 0.3) is 0 Å². The van der Waals surface area contributed by atoms with Crippen molar-refractivity contribution >= 4 is 30.8 Å². The van der Waals surface area contributed by atoms with Crippen LogP contribution in [0.4, 0.5) is 11.8 Å². The van der Waals surface area contributed by atoms with E-state index in [1.807, 2.05) is 0 Å². The summed E-state index contributed by atoms with van der Waals surface area (Å²) >= 11 is 0. The van der Waals surface area contributed by atoms with Crippen LogP contribution in [0.15, 0.2) is 6.33 Å². The fourth-order valence-electron chi connectivity index (χ4n) is 4.02. The van der Waals surface area contributed by atoms with Crippen molar-refractivity contribution in [2.24, 2.45) is 0 Å². The standard InChI is InChI=1S/C15H21N6O6P/c16-12-9-13(18-7-17-12)21(15(19-9)20-4-2-1-3-5-20)14-10(22)11-8(26-14)6-25-28(23,24)27-11/h7-8,10-11,14,22H,1-6H2,(H,23,24)(H2,16,17,18)/t8-,10+,11?,14-/m1/s1. The van der Waals surface area contributed by atoms with Crippen molar-refractivity contribution < 1.29 is 28.3 Å². The molecule has 0 spiro atoms. The van der Waals surface area contributed by atoms with E-state index in [9.17, 15) is 14.6 Å². The minimum absolute atomic E-state index is 0.158. The fraction of sp³-hybridized carbons (Fsp3) is 0.667. The molecule has 28 heavy (non-hydrogen) atoms. The van der Waals surface area contributed by atoms with Gasteiger partial charge in [-0.05, 0) is 19.3 Å². The SMILES string of the molecule is Nc1ncnc2c1nc(N1CCCCC1)n2[C@@H]1O[C@@H]2COP(=O)(O)OC2[C@@H]1O. The Morgan fingerprint density at radius 2 is 2.04 bits per heavy atom. The van der Waals surface area contributed by atoms with Gasteiger partial charge in [-0.25, -0.2) is 19.5 Å². The second-order valence-corrected chi connectivity index (χ2v) is 8.56. The van der Waals surface area contributed by atoms with Gasteiger partial charge >= 0.3 is 7.82 Å². The molecule has 5 rings (SSSR count). The summed E-state index contributed by atoms with van der Waals surface area (Å²) < 4.78 is 29.3. The monoisotopic (exact) mass is 412 g/mol. The second kappa shape index (κ2) is 6.61. The van der Waals surface area contributed by atoms with Gasteiger partial charge in [0.2, 0.25) is 5.95 Å². The normalized spacial score (nSPS) is 36.0. The number of hydrogen-bond acceptors (Lipinski definition) is 10. The molecule has 2 unspecified atom stereocenters. The average Bonchev–Trinajstić information content (AvgIpc) is 3.21. The summed E-state index contributed by atoms with van der Waals surface area (Å²) in [5.41, 5.74) is 6.83. The van der Waals surface area contributed by atoms with E-state index in [1.165, 1.54) is 6.33 Å². The molecule has 5 atom stereocenters. The van der Waals surface area contributed by atoms with Crippen molar-refractivity contribution in [3.63, 3.8) is 0 Å². The molecule has 0 aliphatic carbocycles. The zero-order valence-corrected chi connectivity index (χ0v) is 15.8. The van der Waals surface area contributed by atoms with Crippen LogP contribution in [0.5, 0.6) is 0 Å². The predicted octanol–water partition coefficient (Wildman–Crippen LogP) is 0.173. The van der Waals surface area contributed by atoms with E-state index < -0.39 is 32.4 Å². The molecule has 0 saturated carbocycles. The van der Waals surface area contributed by atoms with E-state index in [-0.39, 0.29) is 12.4 Å². The second-order valence-electron chi connectivity index (χ2n) is 7.15. The van der Waals surface area contributed by atoms with Crippen molar-refractivity contribution in [3.05, 3.63) is 6.33 Å². The van der Waals surface area contributed by atoms with E-state index in [0.29, 0.717) is 17.1 Å². The minimum Gasteiger partial charge on any atom is -0.386 e. The smallest absolute Gasteiger partial charge is 0.386 e. The summed E-state index contributed by atoms with van der Waals surface area (Å²) in [6, 6.07) is 0. The molecule has 3 saturated heterocycles. The van der Waals surface area contributed by atoms with Crippen molar-refractivity contribution in [2.75, 3.05) is 30.3 Å². The minimum atomic E-state index is -4.21. The summed E-state index contributed by atoms with van der Waals surface area (Å²) in [6.45, 7) is 1.45. The lowest BCUT2D eigenvalue weighted by atomic mass is 10.1. The Bertz CT molecular complexity index is 948. The van der Waals surface area contributed by atoms with Gasteiger partial charge in [0.05, 0.1) is 6.61 Å². The quantitative estimate of drug-likeness (QED) is 0.577. The van der Waals surface area contributed by atoms with Crippen molar-refractivity contribution in [3.8, 4) is 0 Å².